The van der Waals surface area contributed by atoms with E-state index in [0.717, 1.165) is 5.56 Å². The van der Waals surface area contributed by atoms with E-state index in [-0.39, 0.29) is 18.2 Å². The van der Waals surface area contributed by atoms with Gasteiger partial charge in [-0.2, -0.15) is 0 Å². The van der Waals surface area contributed by atoms with E-state index in [9.17, 15) is 9.18 Å². The Morgan fingerprint density at radius 2 is 2.00 bits per heavy atom. The van der Waals surface area contributed by atoms with Gasteiger partial charge in [0.05, 0.1) is 23.7 Å². The normalized spacial score (nSPS) is 10.6. The summed E-state index contributed by atoms with van der Waals surface area (Å²) in [6.45, 7) is 0.236. The molecule has 0 unspecified atom stereocenters. The van der Waals surface area contributed by atoms with Crippen molar-refractivity contribution in [3.63, 3.8) is 0 Å². The van der Waals surface area contributed by atoms with Crippen LogP contribution in [-0.4, -0.2) is 24.7 Å². The van der Waals surface area contributed by atoms with Crippen molar-refractivity contribution in [1.29, 1.82) is 0 Å². The summed E-state index contributed by atoms with van der Waals surface area (Å²) in [5.41, 5.74) is 1.35. The molecule has 8 heteroatoms. The molecular weight excluding hydrogens is 372 g/mol. The number of aliphatic carboxylic acids is 1. The first-order chi connectivity index (χ1) is 11.9. The van der Waals surface area contributed by atoms with E-state index in [2.05, 4.69) is 5.32 Å². The van der Waals surface area contributed by atoms with Crippen molar-refractivity contribution in [2.45, 2.75) is 13.2 Å². The minimum Gasteiger partial charge on any atom is -0.493 e. The third-order valence-corrected chi connectivity index (χ3v) is 3.91. The van der Waals surface area contributed by atoms with Gasteiger partial charge in [0.1, 0.15) is 12.4 Å². The number of nitrogens with one attached hydrogen (secondary N) is 1. The lowest BCUT2D eigenvalue weighted by atomic mass is 10.2. The summed E-state index contributed by atoms with van der Waals surface area (Å²) < 4.78 is 24.1. The maximum Gasteiger partial charge on any atom is 0.317 e. The average Bonchev–Trinajstić information content (AvgIpc) is 2.54. The van der Waals surface area contributed by atoms with Crippen LogP contribution in [0.3, 0.4) is 0 Å². The SMILES string of the molecule is COc1cc(CNCC(=O)O)cc(Cl)c1OCc1ccc(F)cc1Cl. The summed E-state index contributed by atoms with van der Waals surface area (Å²) >= 11 is 12.2. The highest BCUT2D eigenvalue weighted by Gasteiger charge is 2.13. The van der Waals surface area contributed by atoms with Crippen LogP contribution in [0.25, 0.3) is 0 Å². The minimum atomic E-state index is -0.950. The Bertz CT molecular complexity index is 771. The van der Waals surface area contributed by atoms with E-state index in [1.165, 1.54) is 25.3 Å². The molecule has 0 bridgehead atoms. The Balaban J connectivity index is 2.12. The lowest BCUT2D eigenvalue weighted by Gasteiger charge is -2.15. The number of hydrogen-bond acceptors (Lipinski definition) is 4. The summed E-state index contributed by atoms with van der Waals surface area (Å²) in [5.74, 6) is -0.652. The summed E-state index contributed by atoms with van der Waals surface area (Å²) in [6.07, 6.45) is 0. The minimum absolute atomic E-state index is 0.0891. The van der Waals surface area contributed by atoms with Crippen LogP contribution in [0.5, 0.6) is 11.5 Å². The topological polar surface area (TPSA) is 67.8 Å². The molecule has 25 heavy (non-hydrogen) atoms. The van der Waals surface area contributed by atoms with E-state index >= 15 is 0 Å². The zero-order chi connectivity index (χ0) is 18.4. The third-order valence-electron chi connectivity index (χ3n) is 3.28. The van der Waals surface area contributed by atoms with Gasteiger partial charge in [0, 0.05) is 12.1 Å². The highest BCUT2D eigenvalue weighted by Crippen LogP contribution is 2.37. The Hall–Kier alpha value is -2.02. The molecule has 2 aromatic rings. The molecule has 0 aliphatic heterocycles. The first kappa shape index (κ1) is 19.3. The molecule has 5 nitrogen and oxygen atoms in total. The molecule has 2 aromatic carbocycles. The molecule has 0 spiro atoms. The molecular formula is C17H16Cl2FNO4. The number of ether oxygens (including phenoxy) is 2. The number of rotatable bonds is 8. The van der Waals surface area contributed by atoms with Gasteiger partial charge < -0.3 is 19.9 Å². The summed E-state index contributed by atoms with van der Waals surface area (Å²) in [5, 5.41) is 12.0. The average molecular weight is 388 g/mol. The van der Waals surface area contributed by atoms with Gasteiger partial charge >= 0.3 is 5.97 Å². The van der Waals surface area contributed by atoms with Crippen molar-refractivity contribution in [1.82, 2.24) is 5.32 Å². The molecule has 2 N–H and O–H groups in total. The first-order valence-electron chi connectivity index (χ1n) is 7.26. The Morgan fingerprint density at radius 3 is 2.64 bits per heavy atom. The molecule has 2 rings (SSSR count). The molecule has 0 aromatic heterocycles. The molecule has 0 radical (unpaired) electrons. The van der Waals surface area contributed by atoms with Gasteiger partial charge in [0.15, 0.2) is 11.5 Å². The fourth-order valence-electron chi connectivity index (χ4n) is 2.12. The van der Waals surface area contributed by atoms with Gasteiger partial charge in [-0.3, -0.25) is 4.79 Å². The van der Waals surface area contributed by atoms with Crippen LogP contribution in [0.1, 0.15) is 11.1 Å². The molecule has 0 saturated carbocycles. The van der Waals surface area contributed by atoms with Crippen LogP contribution in [0.2, 0.25) is 10.0 Å². The largest absolute Gasteiger partial charge is 0.493 e. The van der Waals surface area contributed by atoms with Crippen molar-refractivity contribution >= 4 is 29.2 Å². The lowest BCUT2D eigenvalue weighted by molar-refractivity contribution is -0.135. The fraction of sp³-hybridized carbons (Fsp3) is 0.235. The fourth-order valence-corrected chi connectivity index (χ4v) is 2.63. The highest BCUT2D eigenvalue weighted by molar-refractivity contribution is 6.32. The van der Waals surface area contributed by atoms with Crippen LogP contribution >= 0.6 is 23.2 Å². The molecule has 134 valence electrons. The number of carboxylic acids is 1. The van der Waals surface area contributed by atoms with E-state index in [1.807, 2.05) is 0 Å². The van der Waals surface area contributed by atoms with Gasteiger partial charge in [0.2, 0.25) is 0 Å². The predicted octanol–water partition coefficient (Wildman–Crippen LogP) is 3.89. The van der Waals surface area contributed by atoms with Crippen LogP contribution in [0.4, 0.5) is 4.39 Å². The summed E-state index contributed by atoms with van der Waals surface area (Å²) in [6, 6.07) is 7.38. The maximum atomic E-state index is 13.1. The zero-order valence-electron chi connectivity index (χ0n) is 13.3. The third kappa shape index (κ3) is 5.49. The number of carboxylic acid groups (broad SMARTS) is 1. The smallest absolute Gasteiger partial charge is 0.317 e. The second-order valence-corrected chi connectivity index (χ2v) is 5.95. The van der Waals surface area contributed by atoms with Gasteiger partial charge in [-0.05, 0) is 29.8 Å². The van der Waals surface area contributed by atoms with Crippen molar-refractivity contribution < 1.29 is 23.8 Å². The summed E-state index contributed by atoms with van der Waals surface area (Å²) in [4.78, 5) is 10.5. The van der Waals surface area contributed by atoms with Crippen LogP contribution in [-0.2, 0) is 17.9 Å². The van der Waals surface area contributed by atoms with Crippen molar-refractivity contribution in [2.24, 2.45) is 0 Å². The lowest BCUT2D eigenvalue weighted by Crippen LogP contribution is -2.21. The van der Waals surface area contributed by atoms with Crippen molar-refractivity contribution in [3.8, 4) is 11.5 Å². The standard InChI is InChI=1S/C17H16Cl2FNO4/c1-24-15-5-10(7-21-8-16(22)23)4-14(19)17(15)25-9-11-2-3-12(20)6-13(11)18/h2-6,21H,7-9H2,1H3,(H,22,23). The number of benzene rings is 2. The van der Waals surface area contributed by atoms with E-state index in [1.54, 1.807) is 12.1 Å². The quantitative estimate of drug-likeness (QED) is 0.718. The van der Waals surface area contributed by atoms with Crippen LogP contribution in [0.15, 0.2) is 30.3 Å². The second kappa shape index (κ2) is 8.89. The number of halogens is 3. The van der Waals surface area contributed by atoms with Gasteiger partial charge in [0.25, 0.3) is 0 Å². The van der Waals surface area contributed by atoms with Crippen molar-refractivity contribution in [2.75, 3.05) is 13.7 Å². The summed E-state index contributed by atoms with van der Waals surface area (Å²) in [7, 11) is 1.47. The predicted molar refractivity (Wildman–Crippen MR) is 93.1 cm³/mol. The van der Waals surface area contributed by atoms with E-state index in [0.29, 0.717) is 28.6 Å². The molecule has 0 aliphatic rings. The zero-order valence-corrected chi connectivity index (χ0v) is 14.8. The van der Waals surface area contributed by atoms with E-state index in [4.69, 9.17) is 37.8 Å². The molecule has 0 amide bonds. The van der Waals surface area contributed by atoms with Gasteiger partial charge in [-0.1, -0.05) is 29.3 Å². The van der Waals surface area contributed by atoms with Gasteiger partial charge in [-0.25, -0.2) is 4.39 Å². The molecule has 0 fully saturated rings. The Labute approximate surface area is 154 Å². The van der Waals surface area contributed by atoms with Crippen LogP contribution < -0.4 is 14.8 Å². The molecule has 0 atom stereocenters. The Kier molecular flexibility index (Phi) is 6.87. The van der Waals surface area contributed by atoms with Crippen LogP contribution in [0, 0.1) is 5.82 Å². The number of carbonyl (C=O) groups is 1. The number of methoxy groups -OCH3 is 1. The molecule has 0 saturated heterocycles. The van der Waals surface area contributed by atoms with Gasteiger partial charge in [-0.15, -0.1) is 0 Å². The van der Waals surface area contributed by atoms with Crippen molar-refractivity contribution in [3.05, 3.63) is 57.3 Å². The number of hydrogen-bond donors (Lipinski definition) is 2. The molecule has 0 aliphatic carbocycles. The second-order valence-electron chi connectivity index (χ2n) is 5.13. The monoisotopic (exact) mass is 387 g/mol. The van der Waals surface area contributed by atoms with E-state index < -0.39 is 11.8 Å². The maximum absolute atomic E-state index is 13.1. The first-order valence-corrected chi connectivity index (χ1v) is 8.02. The highest BCUT2D eigenvalue weighted by atomic mass is 35.5. The Morgan fingerprint density at radius 1 is 1.24 bits per heavy atom. The molecule has 0 heterocycles.